The van der Waals surface area contributed by atoms with E-state index in [1.807, 2.05) is 30.9 Å². The quantitative estimate of drug-likeness (QED) is 0.846. The number of aliphatic hydroxyl groups is 1. The number of likely N-dealkylation sites (tertiary alicyclic amines) is 2. The lowest BCUT2D eigenvalue weighted by molar-refractivity contribution is -0.144. The summed E-state index contributed by atoms with van der Waals surface area (Å²) in [4.78, 5) is 28.1. The zero-order valence-electron chi connectivity index (χ0n) is 16.6. The molecule has 0 spiro atoms. The van der Waals surface area contributed by atoms with Crippen LogP contribution in [0.4, 0.5) is 5.69 Å². The third-order valence-corrected chi connectivity index (χ3v) is 5.96. The maximum absolute atomic E-state index is 12.3. The average molecular weight is 373 g/mol. The number of piperidine rings is 2. The SMILES string of the molecule is CC(=O)N1CC[C@]2(O)CCN(CCC(=O)Nc3cc(C)cc(C)c3)C[C@@H]2C1. The molecule has 1 aromatic rings. The van der Waals surface area contributed by atoms with Crippen molar-refractivity contribution in [1.29, 1.82) is 0 Å². The predicted molar refractivity (Wildman–Crippen MR) is 106 cm³/mol. The Bertz CT molecular complexity index is 700. The molecule has 6 heteroatoms. The van der Waals surface area contributed by atoms with Crippen molar-refractivity contribution in [2.45, 2.75) is 45.6 Å². The fourth-order valence-corrected chi connectivity index (χ4v) is 4.39. The van der Waals surface area contributed by atoms with Gasteiger partial charge in [0.15, 0.2) is 0 Å². The Morgan fingerprint density at radius 3 is 2.48 bits per heavy atom. The molecular weight excluding hydrogens is 342 g/mol. The van der Waals surface area contributed by atoms with Crippen molar-refractivity contribution in [2.75, 3.05) is 38.0 Å². The van der Waals surface area contributed by atoms with Gasteiger partial charge >= 0.3 is 0 Å². The van der Waals surface area contributed by atoms with Crippen molar-refractivity contribution < 1.29 is 14.7 Å². The van der Waals surface area contributed by atoms with E-state index in [1.54, 1.807) is 6.92 Å². The van der Waals surface area contributed by atoms with Crippen molar-refractivity contribution in [1.82, 2.24) is 9.80 Å². The fourth-order valence-electron chi connectivity index (χ4n) is 4.39. The summed E-state index contributed by atoms with van der Waals surface area (Å²) in [5, 5.41) is 13.9. The number of aryl methyl sites for hydroxylation is 2. The number of hydrogen-bond acceptors (Lipinski definition) is 4. The molecule has 2 heterocycles. The zero-order valence-corrected chi connectivity index (χ0v) is 16.6. The number of carbonyl (C=O) groups is 2. The van der Waals surface area contributed by atoms with E-state index in [0.717, 1.165) is 29.9 Å². The van der Waals surface area contributed by atoms with Gasteiger partial charge < -0.3 is 20.2 Å². The van der Waals surface area contributed by atoms with Crippen molar-refractivity contribution in [3.05, 3.63) is 29.3 Å². The van der Waals surface area contributed by atoms with E-state index in [2.05, 4.69) is 16.3 Å². The molecule has 2 aliphatic rings. The lowest BCUT2D eigenvalue weighted by atomic mass is 9.75. The standard InChI is InChI=1S/C21H31N3O3/c1-15-10-16(2)12-19(11-15)22-20(26)4-7-23-8-5-21(27)6-9-24(17(3)25)14-18(21)13-23/h10-12,18,27H,4-9,13-14H2,1-3H3,(H,22,26)/t18-,21-/m1/s1. The molecular formula is C21H31N3O3. The number of nitrogens with one attached hydrogen (secondary N) is 1. The molecule has 2 N–H and O–H groups in total. The van der Waals surface area contributed by atoms with E-state index in [1.165, 1.54) is 0 Å². The van der Waals surface area contributed by atoms with E-state index < -0.39 is 5.60 Å². The molecule has 0 saturated carbocycles. The number of fused-ring (bicyclic) bond motifs is 1. The van der Waals surface area contributed by atoms with Crippen LogP contribution in [0.2, 0.25) is 0 Å². The number of benzene rings is 1. The first kappa shape index (κ1) is 19.8. The number of carbonyl (C=O) groups excluding carboxylic acids is 2. The van der Waals surface area contributed by atoms with Gasteiger partial charge in [-0.25, -0.2) is 0 Å². The molecule has 2 fully saturated rings. The van der Waals surface area contributed by atoms with Crippen molar-refractivity contribution in [2.24, 2.45) is 5.92 Å². The first-order valence-corrected chi connectivity index (χ1v) is 9.83. The van der Waals surface area contributed by atoms with Crippen molar-refractivity contribution in [3.8, 4) is 0 Å². The highest BCUT2D eigenvalue weighted by Crippen LogP contribution is 2.35. The van der Waals surface area contributed by atoms with Gasteiger partial charge in [-0.05, 0) is 49.9 Å². The largest absolute Gasteiger partial charge is 0.389 e. The van der Waals surface area contributed by atoms with Crippen LogP contribution in [0.1, 0.15) is 37.3 Å². The maximum Gasteiger partial charge on any atom is 0.225 e. The molecule has 0 unspecified atom stereocenters. The average Bonchev–Trinajstić information content (AvgIpc) is 2.58. The van der Waals surface area contributed by atoms with Crippen LogP contribution in [-0.4, -0.2) is 65.0 Å². The second-order valence-corrected chi connectivity index (χ2v) is 8.24. The summed E-state index contributed by atoms with van der Waals surface area (Å²) in [5.74, 6) is 0.142. The zero-order chi connectivity index (χ0) is 19.6. The van der Waals surface area contributed by atoms with Crippen LogP contribution < -0.4 is 5.32 Å². The normalized spacial score (nSPS) is 25.8. The van der Waals surface area contributed by atoms with Crippen molar-refractivity contribution in [3.63, 3.8) is 0 Å². The number of amides is 2. The van der Waals surface area contributed by atoms with Gasteiger partial charge in [0.1, 0.15) is 0 Å². The van der Waals surface area contributed by atoms with Crippen LogP contribution in [0.25, 0.3) is 0 Å². The lowest BCUT2D eigenvalue weighted by Gasteiger charge is -2.50. The first-order chi connectivity index (χ1) is 12.7. The molecule has 6 nitrogen and oxygen atoms in total. The van der Waals surface area contributed by atoms with Gasteiger partial charge in [-0.1, -0.05) is 6.07 Å². The minimum absolute atomic E-state index is 0.00911. The van der Waals surface area contributed by atoms with Gasteiger partial charge in [-0.15, -0.1) is 0 Å². The highest BCUT2D eigenvalue weighted by Gasteiger charge is 2.45. The molecule has 2 amide bonds. The molecule has 27 heavy (non-hydrogen) atoms. The van der Waals surface area contributed by atoms with Gasteiger partial charge in [0.05, 0.1) is 5.60 Å². The van der Waals surface area contributed by atoms with E-state index in [-0.39, 0.29) is 17.7 Å². The number of rotatable bonds is 4. The molecule has 2 atom stereocenters. The summed E-state index contributed by atoms with van der Waals surface area (Å²) in [7, 11) is 0. The van der Waals surface area contributed by atoms with Crippen LogP contribution in [0.5, 0.6) is 0 Å². The summed E-state index contributed by atoms with van der Waals surface area (Å²) < 4.78 is 0. The molecule has 0 bridgehead atoms. The van der Waals surface area contributed by atoms with Crippen molar-refractivity contribution >= 4 is 17.5 Å². The molecule has 1 aromatic carbocycles. The van der Waals surface area contributed by atoms with Crippen LogP contribution in [0, 0.1) is 19.8 Å². The molecule has 0 radical (unpaired) electrons. The third-order valence-electron chi connectivity index (χ3n) is 5.96. The highest BCUT2D eigenvalue weighted by atomic mass is 16.3. The maximum atomic E-state index is 12.3. The summed E-state index contributed by atoms with van der Waals surface area (Å²) >= 11 is 0. The Labute approximate surface area is 161 Å². The number of hydrogen-bond donors (Lipinski definition) is 2. The Morgan fingerprint density at radius 1 is 1.15 bits per heavy atom. The second kappa shape index (κ2) is 7.98. The van der Waals surface area contributed by atoms with Crippen LogP contribution in [0.15, 0.2) is 18.2 Å². The summed E-state index contributed by atoms with van der Waals surface area (Å²) in [5.41, 5.74) is 2.44. The lowest BCUT2D eigenvalue weighted by Crippen LogP contribution is -2.60. The van der Waals surface area contributed by atoms with Crippen LogP contribution >= 0.6 is 0 Å². The van der Waals surface area contributed by atoms with E-state index in [0.29, 0.717) is 38.9 Å². The Kier molecular flexibility index (Phi) is 5.86. The molecule has 0 aliphatic carbocycles. The van der Waals surface area contributed by atoms with Gasteiger partial charge in [0.2, 0.25) is 11.8 Å². The minimum atomic E-state index is -0.663. The smallest absolute Gasteiger partial charge is 0.225 e. The van der Waals surface area contributed by atoms with Crippen LogP contribution in [0.3, 0.4) is 0 Å². The molecule has 2 saturated heterocycles. The van der Waals surface area contributed by atoms with Gasteiger partial charge in [0.25, 0.3) is 0 Å². The Hall–Kier alpha value is -1.92. The fraction of sp³-hybridized carbons (Fsp3) is 0.619. The summed E-state index contributed by atoms with van der Waals surface area (Å²) in [6, 6.07) is 6.04. The minimum Gasteiger partial charge on any atom is -0.389 e. The monoisotopic (exact) mass is 373 g/mol. The topological polar surface area (TPSA) is 72.9 Å². The molecule has 3 rings (SSSR count). The first-order valence-electron chi connectivity index (χ1n) is 9.83. The summed E-state index contributed by atoms with van der Waals surface area (Å²) in [6.45, 7) is 9.07. The van der Waals surface area contributed by atoms with E-state index in [4.69, 9.17) is 0 Å². The highest BCUT2D eigenvalue weighted by molar-refractivity contribution is 5.91. The predicted octanol–water partition coefficient (Wildman–Crippen LogP) is 1.94. The number of nitrogens with zero attached hydrogens (tertiary/aromatic N) is 2. The van der Waals surface area contributed by atoms with E-state index in [9.17, 15) is 14.7 Å². The Morgan fingerprint density at radius 2 is 1.81 bits per heavy atom. The van der Waals surface area contributed by atoms with Gasteiger partial charge in [-0.2, -0.15) is 0 Å². The summed E-state index contributed by atoms with van der Waals surface area (Å²) in [6.07, 6.45) is 1.79. The van der Waals surface area contributed by atoms with Gasteiger partial charge in [-0.3, -0.25) is 9.59 Å². The molecule has 2 aliphatic heterocycles. The van der Waals surface area contributed by atoms with Gasteiger partial charge in [0, 0.05) is 57.7 Å². The number of anilines is 1. The second-order valence-electron chi connectivity index (χ2n) is 8.24. The third kappa shape index (κ3) is 4.87. The molecule has 148 valence electrons. The Balaban J connectivity index is 1.51. The van der Waals surface area contributed by atoms with E-state index >= 15 is 0 Å². The molecule has 0 aromatic heterocycles. The van der Waals surface area contributed by atoms with Crippen LogP contribution in [-0.2, 0) is 9.59 Å².